The van der Waals surface area contributed by atoms with Crippen molar-refractivity contribution in [3.63, 3.8) is 0 Å². The fourth-order valence-corrected chi connectivity index (χ4v) is 11.8. The summed E-state index contributed by atoms with van der Waals surface area (Å²) in [6.45, 7) is 0. The Morgan fingerprint density at radius 3 is 1.33 bits per heavy atom. The van der Waals surface area contributed by atoms with Crippen LogP contribution in [-0.4, -0.2) is 4.57 Å². The molecule has 0 saturated heterocycles. The minimum absolute atomic E-state index is 0.486. The van der Waals surface area contributed by atoms with Gasteiger partial charge in [0, 0.05) is 39.0 Å². The van der Waals surface area contributed by atoms with Gasteiger partial charge >= 0.3 is 0 Å². The van der Waals surface area contributed by atoms with E-state index in [2.05, 4.69) is 276 Å². The maximum atomic E-state index is 2.58. The van der Waals surface area contributed by atoms with E-state index in [0.717, 1.165) is 17.1 Å². The molecule has 2 nitrogen and oxygen atoms in total. The van der Waals surface area contributed by atoms with Crippen molar-refractivity contribution in [3.05, 3.63) is 289 Å². The largest absolute Gasteiger partial charge is 0.311 e. The summed E-state index contributed by atoms with van der Waals surface area (Å²) in [5.74, 6) is 0. The topological polar surface area (TPSA) is 8.17 Å². The van der Waals surface area contributed by atoms with E-state index in [4.69, 9.17) is 0 Å². The van der Waals surface area contributed by atoms with Crippen LogP contribution < -0.4 is 4.90 Å². The highest BCUT2D eigenvalue weighted by molar-refractivity contribution is 6.19. The third-order valence-corrected chi connectivity index (χ3v) is 14.8. The van der Waals surface area contributed by atoms with Crippen LogP contribution in [0.5, 0.6) is 0 Å². The summed E-state index contributed by atoms with van der Waals surface area (Å²) in [7, 11) is 0. The van der Waals surface area contributed by atoms with Gasteiger partial charge in [0.25, 0.3) is 0 Å². The number of nitrogens with zero attached hydrogens (tertiary/aromatic N) is 2. The van der Waals surface area contributed by atoms with Crippen LogP contribution in [0.3, 0.4) is 0 Å². The average molecular weight is 877 g/mol. The van der Waals surface area contributed by atoms with Gasteiger partial charge in [-0.15, -0.1) is 0 Å². The molecule has 0 amide bonds. The normalized spacial score (nSPS) is 12.8. The van der Waals surface area contributed by atoms with Crippen LogP contribution in [0.2, 0.25) is 0 Å². The second-order valence-electron chi connectivity index (χ2n) is 18.4. The Morgan fingerprint density at radius 2 is 0.768 bits per heavy atom. The van der Waals surface area contributed by atoms with E-state index < -0.39 is 5.41 Å². The number of aromatic nitrogens is 1. The molecule has 1 aliphatic carbocycles. The van der Waals surface area contributed by atoms with Gasteiger partial charge < -0.3 is 9.47 Å². The van der Waals surface area contributed by atoms with Crippen molar-refractivity contribution in [2.24, 2.45) is 0 Å². The standard InChI is InChI=1S/C67H44N2/c1-5-16-45(17-6-1)47-28-35-53(36-29-47)68(54-37-30-48(31-38-54)46-18-7-2-8-19-46)55-39-32-49(33-40-55)50-34-41-57-58-25-15-26-60-64(58)65-61(67(60,51-20-9-3-10-21-51)52-22-11-4-12-23-52)43-42-59-56-24-13-14-27-62(56)69(66(59)65)63(57)44-50/h1-44H. The molecule has 0 spiro atoms. The van der Waals surface area contributed by atoms with Crippen molar-refractivity contribution < 1.29 is 0 Å². The molecule has 1 aromatic heterocycles. The molecule has 14 rings (SSSR count). The molecule has 1 aliphatic heterocycles. The first-order valence-electron chi connectivity index (χ1n) is 23.9. The lowest BCUT2D eigenvalue weighted by atomic mass is 9.67. The molecule has 2 heterocycles. The lowest BCUT2D eigenvalue weighted by Gasteiger charge is -2.34. The van der Waals surface area contributed by atoms with Gasteiger partial charge in [-0.05, 0) is 115 Å². The third-order valence-electron chi connectivity index (χ3n) is 14.8. The van der Waals surface area contributed by atoms with Crippen LogP contribution >= 0.6 is 0 Å². The monoisotopic (exact) mass is 876 g/mol. The summed E-state index contributed by atoms with van der Waals surface area (Å²) in [5, 5.41) is 2.54. The minimum Gasteiger partial charge on any atom is -0.311 e. The Hall–Kier alpha value is -8.98. The second kappa shape index (κ2) is 15.6. The second-order valence-corrected chi connectivity index (χ2v) is 18.4. The van der Waals surface area contributed by atoms with Gasteiger partial charge in [-0.25, -0.2) is 0 Å². The van der Waals surface area contributed by atoms with E-state index in [9.17, 15) is 0 Å². The average Bonchev–Trinajstić information content (AvgIpc) is 3.89. The highest BCUT2D eigenvalue weighted by Gasteiger charge is 2.49. The Morgan fingerprint density at radius 1 is 0.304 bits per heavy atom. The number of para-hydroxylation sites is 1. The molecule has 0 N–H and O–H groups in total. The molecule has 0 saturated carbocycles. The Labute approximate surface area is 402 Å². The summed E-state index contributed by atoms with van der Waals surface area (Å²) in [6.07, 6.45) is 0. The fraction of sp³-hybridized carbons (Fsp3) is 0.0149. The fourth-order valence-electron chi connectivity index (χ4n) is 11.8. The van der Waals surface area contributed by atoms with Crippen LogP contribution in [0.15, 0.2) is 267 Å². The summed E-state index contributed by atoms with van der Waals surface area (Å²) in [4.78, 5) is 2.36. The van der Waals surface area contributed by atoms with Crippen molar-refractivity contribution in [1.29, 1.82) is 0 Å². The number of benzene rings is 11. The van der Waals surface area contributed by atoms with E-state index in [1.54, 1.807) is 0 Å². The SMILES string of the molecule is c1ccc(-c2ccc(N(c3ccc(-c4ccccc4)cc3)c3ccc(-c4ccc5c(c4)-n4c6ccccc6c6ccc7c(c64)-c4c-5cccc4C7(c4ccccc4)c4ccccc4)cc3)cc2)cc1. The molecule has 2 aliphatic rings. The van der Waals surface area contributed by atoms with Crippen molar-refractivity contribution >= 4 is 38.9 Å². The van der Waals surface area contributed by atoms with Crippen LogP contribution in [-0.2, 0) is 5.41 Å². The smallest absolute Gasteiger partial charge is 0.0714 e. The van der Waals surface area contributed by atoms with Gasteiger partial charge in [-0.2, -0.15) is 0 Å². The molecule has 0 bridgehead atoms. The van der Waals surface area contributed by atoms with Gasteiger partial charge in [0.05, 0.1) is 22.1 Å². The van der Waals surface area contributed by atoms with Crippen molar-refractivity contribution in [1.82, 2.24) is 4.57 Å². The molecular weight excluding hydrogens is 833 g/mol. The number of rotatable bonds is 8. The zero-order valence-electron chi connectivity index (χ0n) is 37.8. The van der Waals surface area contributed by atoms with E-state index in [1.807, 2.05) is 0 Å². The zero-order valence-corrected chi connectivity index (χ0v) is 37.8. The molecular formula is C67H44N2. The highest BCUT2D eigenvalue weighted by Crippen LogP contribution is 2.62. The van der Waals surface area contributed by atoms with Crippen LogP contribution in [0.1, 0.15) is 22.3 Å². The van der Waals surface area contributed by atoms with Gasteiger partial charge in [0.2, 0.25) is 0 Å². The number of hydrogen-bond acceptors (Lipinski definition) is 1. The van der Waals surface area contributed by atoms with Crippen molar-refractivity contribution in [2.45, 2.75) is 5.41 Å². The third kappa shape index (κ3) is 5.92. The highest BCUT2D eigenvalue weighted by atomic mass is 15.1. The number of hydrogen-bond donors (Lipinski definition) is 0. The lowest BCUT2D eigenvalue weighted by Crippen LogP contribution is -2.28. The lowest BCUT2D eigenvalue weighted by molar-refractivity contribution is 0.769. The molecule has 0 unspecified atom stereocenters. The molecule has 0 radical (unpaired) electrons. The molecule has 12 aromatic rings. The molecule has 11 aromatic carbocycles. The first-order valence-corrected chi connectivity index (χ1v) is 23.9. The summed E-state index contributed by atoms with van der Waals surface area (Å²) < 4.78 is 2.58. The molecule has 322 valence electrons. The summed E-state index contributed by atoms with van der Waals surface area (Å²) >= 11 is 0. The predicted octanol–water partition coefficient (Wildman–Crippen LogP) is 17.6. The van der Waals surface area contributed by atoms with E-state index in [0.29, 0.717) is 0 Å². The summed E-state index contributed by atoms with van der Waals surface area (Å²) in [5.41, 5.74) is 24.0. The number of fused-ring (bicyclic) bond motifs is 6. The van der Waals surface area contributed by atoms with E-state index in [-0.39, 0.29) is 0 Å². The molecule has 0 fully saturated rings. The quantitative estimate of drug-likeness (QED) is 0.148. The minimum atomic E-state index is -0.486. The maximum absolute atomic E-state index is 2.58. The van der Waals surface area contributed by atoms with E-state index in [1.165, 1.54) is 105 Å². The van der Waals surface area contributed by atoms with Crippen LogP contribution in [0.25, 0.3) is 83.1 Å². The molecule has 69 heavy (non-hydrogen) atoms. The first kappa shape index (κ1) is 39.2. The van der Waals surface area contributed by atoms with Gasteiger partial charge in [0.1, 0.15) is 0 Å². The number of anilines is 3. The summed E-state index contributed by atoms with van der Waals surface area (Å²) in [6, 6.07) is 98.4. The van der Waals surface area contributed by atoms with Crippen LogP contribution in [0.4, 0.5) is 17.1 Å². The predicted molar refractivity (Wildman–Crippen MR) is 288 cm³/mol. The van der Waals surface area contributed by atoms with Crippen LogP contribution in [0, 0.1) is 0 Å². The molecule has 2 heteroatoms. The first-order chi connectivity index (χ1) is 34.2. The Bertz CT molecular complexity index is 3770. The Balaban J connectivity index is 0.927. The van der Waals surface area contributed by atoms with Crippen molar-refractivity contribution in [2.75, 3.05) is 4.90 Å². The maximum Gasteiger partial charge on any atom is 0.0714 e. The zero-order chi connectivity index (χ0) is 45.5. The van der Waals surface area contributed by atoms with E-state index >= 15 is 0 Å². The van der Waals surface area contributed by atoms with Crippen molar-refractivity contribution in [3.8, 4) is 61.3 Å². The van der Waals surface area contributed by atoms with Gasteiger partial charge in [0.15, 0.2) is 0 Å². The molecule has 0 atom stereocenters. The van der Waals surface area contributed by atoms with Gasteiger partial charge in [-0.1, -0.05) is 218 Å². The Kier molecular flexibility index (Phi) is 8.84. The van der Waals surface area contributed by atoms with Gasteiger partial charge in [-0.3, -0.25) is 0 Å².